The first-order valence-corrected chi connectivity index (χ1v) is 11.4. The molecule has 2 aromatic rings. The Morgan fingerprint density at radius 1 is 1.14 bits per heavy atom. The molecule has 0 aliphatic carbocycles. The predicted molar refractivity (Wildman–Crippen MR) is 110 cm³/mol. The van der Waals surface area contributed by atoms with Crippen molar-refractivity contribution in [1.29, 1.82) is 0 Å². The third-order valence-corrected chi connectivity index (χ3v) is 7.57. The normalized spacial score (nSPS) is 20.3. The highest BCUT2D eigenvalue weighted by Crippen LogP contribution is 2.34. The number of ether oxygens (including phenoxy) is 1. The van der Waals surface area contributed by atoms with Gasteiger partial charge in [-0.05, 0) is 42.8 Å². The summed E-state index contributed by atoms with van der Waals surface area (Å²) in [5.41, 5.74) is 1.45. The zero-order valence-corrected chi connectivity index (χ0v) is 17.2. The summed E-state index contributed by atoms with van der Waals surface area (Å²) >= 11 is 0. The first-order valence-electron chi connectivity index (χ1n) is 9.91. The topological polar surface area (TPSA) is 80.2 Å². The van der Waals surface area contributed by atoms with Crippen LogP contribution in [0.5, 0.6) is 5.75 Å². The number of hydrogen-bond acceptors (Lipinski definition) is 4. The molecule has 2 aromatic carbocycles. The van der Waals surface area contributed by atoms with Crippen LogP contribution in [-0.4, -0.2) is 58.0 Å². The number of para-hydroxylation sites is 1. The second kappa shape index (κ2) is 8.14. The summed E-state index contributed by atoms with van der Waals surface area (Å²) in [7, 11) is -3.56. The Hall–Kier alpha value is -2.42. The molecule has 0 spiro atoms. The number of fused-ring (bicyclic) bond motifs is 1. The molecule has 7 nitrogen and oxygen atoms in total. The number of piperazine rings is 1. The lowest BCUT2D eigenvalue weighted by Crippen LogP contribution is -3.15. The number of nitrogens with zero attached hydrogens (tertiary/aromatic N) is 1. The molecule has 0 bridgehead atoms. The fourth-order valence-electron chi connectivity index (χ4n) is 3.83. The molecule has 154 valence electrons. The van der Waals surface area contributed by atoms with E-state index in [1.165, 1.54) is 4.90 Å². The van der Waals surface area contributed by atoms with Gasteiger partial charge in [-0.2, -0.15) is 4.31 Å². The Bertz CT molecular complexity index is 986. The molecule has 8 heteroatoms. The monoisotopic (exact) mass is 416 g/mol. The molecule has 2 aliphatic heterocycles. The minimum Gasteiger partial charge on any atom is -0.488 e. The van der Waals surface area contributed by atoms with Gasteiger partial charge in [0.05, 0.1) is 37.0 Å². The quantitative estimate of drug-likeness (QED) is 0.727. The van der Waals surface area contributed by atoms with Crippen molar-refractivity contribution in [2.75, 3.05) is 44.6 Å². The van der Waals surface area contributed by atoms with Crippen LogP contribution in [-0.2, 0) is 14.8 Å². The first-order chi connectivity index (χ1) is 13.9. The Kier molecular flexibility index (Phi) is 5.58. The minimum absolute atomic E-state index is 0.0931. The zero-order chi connectivity index (χ0) is 20.4. The summed E-state index contributed by atoms with van der Waals surface area (Å²) in [5, 5.41) is 2.78. The van der Waals surface area contributed by atoms with E-state index in [9.17, 15) is 13.2 Å². The number of nitrogens with one attached hydrogen (secondary N) is 2. The second-order valence-corrected chi connectivity index (χ2v) is 9.46. The van der Waals surface area contributed by atoms with Crippen molar-refractivity contribution >= 4 is 21.6 Å². The van der Waals surface area contributed by atoms with Crippen molar-refractivity contribution in [3.05, 3.63) is 54.1 Å². The lowest BCUT2D eigenvalue weighted by atomic mass is 10.0. The number of sulfonamides is 1. The van der Waals surface area contributed by atoms with E-state index < -0.39 is 10.0 Å². The molecule has 0 unspecified atom stereocenters. The van der Waals surface area contributed by atoms with E-state index in [1.54, 1.807) is 29.4 Å². The van der Waals surface area contributed by atoms with Crippen LogP contribution >= 0.6 is 0 Å². The summed E-state index contributed by atoms with van der Waals surface area (Å²) in [5.74, 6) is 0.433. The third kappa shape index (κ3) is 4.14. The van der Waals surface area contributed by atoms with Crippen LogP contribution in [0.15, 0.2) is 53.4 Å². The van der Waals surface area contributed by atoms with Gasteiger partial charge in [0, 0.05) is 5.69 Å². The Morgan fingerprint density at radius 2 is 1.86 bits per heavy atom. The maximum Gasteiger partial charge on any atom is 0.243 e. The number of rotatable bonds is 6. The van der Waals surface area contributed by atoms with Gasteiger partial charge in [-0.1, -0.05) is 18.2 Å². The first kappa shape index (κ1) is 19.9. The molecule has 1 amide bonds. The molecular weight excluding hydrogens is 390 g/mol. The number of amides is 1. The fraction of sp³-hybridized carbons (Fsp3) is 0.381. The number of anilines is 1. The van der Waals surface area contributed by atoms with Gasteiger partial charge < -0.3 is 15.0 Å². The largest absolute Gasteiger partial charge is 0.488 e. The molecule has 2 N–H and O–H groups in total. The highest BCUT2D eigenvalue weighted by atomic mass is 32.2. The van der Waals surface area contributed by atoms with E-state index in [0.29, 0.717) is 25.4 Å². The van der Waals surface area contributed by atoms with Crippen LogP contribution in [0.2, 0.25) is 0 Å². The van der Waals surface area contributed by atoms with Crippen molar-refractivity contribution in [3.63, 3.8) is 0 Å². The van der Waals surface area contributed by atoms with Gasteiger partial charge in [0.2, 0.25) is 15.9 Å². The van der Waals surface area contributed by atoms with Crippen LogP contribution < -0.4 is 15.0 Å². The van der Waals surface area contributed by atoms with Crippen LogP contribution in [0.25, 0.3) is 0 Å². The van der Waals surface area contributed by atoms with Crippen LogP contribution in [0, 0.1) is 0 Å². The van der Waals surface area contributed by atoms with Crippen molar-refractivity contribution in [2.45, 2.75) is 17.7 Å². The van der Waals surface area contributed by atoms with Crippen molar-refractivity contribution in [1.82, 2.24) is 4.31 Å². The Balaban J connectivity index is 1.34. The number of quaternary nitrogens is 1. The van der Waals surface area contributed by atoms with Crippen molar-refractivity contribution in [3.8, 4) is 5.75 Å². The lowest BCUT2D eigenvalue weighted by Gasteiger charge is -2.31. The average Bonchev–Trinajstić information content (AvgIpc) is 3.02. The summed E-state index contributed by atoms with van der Waals surface area (Å²) < 4.78 is 33.4. The molecule has 1 atom stereocenters. The number of benzene rings is 2. The van der Waals surface area contributed by atoms with E-state index in [-0.39, 0.29) is 16.7 Å². The molecule has 29 heavy (non-hydrogen) atoms. The number of carbonyl (C=O) groups excluding carboxylic acids is 1. The molecular formula is C21H26N3O4S+. The summed E-state index contributed by atoms with van der Waals surface area (Å²) in [6, 6.07) is 14.6. The van der Waals surface area contributed by atoms with Crippen LogP contribution in [0.3, 0.4) is 0 Å². The molecule has 0 radical (unpaired) electrons. The highest BCUT2D eigenvalue weighted by molar-refractivity contribution is 7.89. The molecule has 2 heterocycles. The van der Waals surface area contributed by atoms with Crippen LogP contribution in [0.1, 0.15) is 18.4 Å². The van der Waals surface area contributed by atoms with Gasteiger partial charge in [0.1, 0.15) is 18.9 Å². The van der Waals surface area contributed by atoms with Gasteiger partial charge in [0.15, 0.2) is 0 Å². The van der Waals surface area contributed by atoms with Crippen molar-refractivity contribution < 1.29 is 22.8 Å². The lowest BCUT2D eigenvalue weighted by molar-refractivity contribution is -0.903. The van der Waals surface area contributed by atoms with Gasteiger partial charge in [-0.25, -0.2) is 8.42 Å². The fourth-order valence-corrected chi connectivity index (χ4v) is 5.30. The molecule has 1 fully saturated rings. The van der Waals surface area contributed by atoms with E-state index >= 15 is 0 Å². The molecule has 2 aliphatic rings. The molecule has 0 saturated carbocycles. The van der Waals surface area contributed by atoms with Crippen molar-refractivity contribution in [2.24, 2.45) is 0 Å². The Morgan fingerprint density at radius 3 is 2.59 bits per heavy atom. The van der Waals surface area contributed by atoms with Crippen LogP contribution in [0.4, 0.5) is 5.69 Å². The smallest absolute Gasteiger partial charge is 0.243 e. The maximum absolute atomic E-state index is 13.1. The highest BCUT2D eigenvalue weighted by Gasteiger charge is 2.33. The molecule has 0 aromatic heterocycles. The molecule has 4 rings (SSSR count). The standard InChI is InChI=1S/C21H25N3O4S/c1-16-19-15-18(7-8-20(19)22-21(16)25)29(26,27)24-11-9-23(10-12-24)13-14-28-17-5-3-2-4-6-17/h2-8,15-16H,9-14H2,1H3,(H,22,25)/p+1/t16-/m1/s1. The summed E-state index contributed by atoms with van der Waals surface area (Å²) in [4.78, 5) is 13.4. The van der Waals surface area contributed by atoms with Gasteiger partial charge in [-0.15, -0.1) is 0 Å². The number of carbonyl (C=O) groups is 1. The third-order valence-electron chi connectivity index (χ3n) is 5.68. The van der Waals surface area contributed by atoms with Gasteiger partial charge >= 0.3 is 0 Å². The second-order valence-electron chi connectivity index (χ2n) is 7.53. The SMILES string of the molecule is C[C@H]1C(=O)Nc2ccc(S(=O)(=O)N3CC[NH+](CCOc4ccccc4)CC3)cc21. The number of hydrogen-bond donors (Lipinski definition) is 2. The summed E-state index contributed by atoms with van der Waals surface area (Å²) in [6.45, 7) is 5.69. The Labute approximate surface area is 171 Å². The van der Waals surface area contributed by atoms with E-state index in [0.717, 1.165) is 30.9 Å². The van der Waals surface area contributed by atoms with E-state index in [1.807, 2.05) is 30.3 Å². The zero-order valence-electron chi connectivity index (χ0n) is 16.4. The van der Waals surface area contributed by atoms with Gasteiger partial charge in [0.25, 0.3) is 0 Å². The van der Waals surface area contributed by atoms with Gasteiger partial charge in [-0.3, -0.25) is 4.79 Å². The minimum atomic E-state index is -3.56. The predicted octanol–water partition coefficient (Wildman–Crippen LogP) is 0.710. The maximum atomic E-state index is 13.1. The summed E-state index contributed by atoms with van der Waals surface area (Å²) in [6.07, 6.45) is 0. The molecule has 1 saturated heterocycles. The average molecular weight is 417 g/mol. The van der Waals surface area contributed by atoms with E-state index in [4.69, 9.17) is 4.74 Å². The van der Waals surface area contributed by atoms with E-state index in [2.05, 4.69) is 5.32 Å².